The molecular formula is C8H13NO4. The summed E-state index contributed by atoms with van der Waals surface area (Å²) in [5.41, 5.74) is -0.779. The molecule has 5 nitrogen and oxygen atoms in total. The van der Waals surface area contributed by atoms with Crippen molar-refractivity contribution in [1.29, 1.82) is 0 Å². The number of amides is 1. The molecule has 1 heterocycles. The van der Waals surface area contributed by atoms with Crippen LogP contribution in [0.5, 0.6) is 0 Å². The number of carboxylic acid groups (broad SMARTS) is 1. The molecule has 0 spiro atoms. The van der Waals surface area contributed by atoms with Gasteiger partial charge in [0.05, 0.1) is 25.1 Å². The fraction of sp³-hybridized carbons (Fsp3) is 0.750. The van der Waals surface area contributed by atoms with Gasteiger partial charge in [-0.15, -0.1) is 0 Å². The first-order chi connectivity index (χ1) is 5.91. The lowest BCUT2D eigenvalue weighted by Gasteiger charge is -2.44. The summed E-state index contributed by atoms with van der Waals surface area (Å²) < 4.78 is 0. The topological polar surface area (TPSA) is 77.8 Å². The molecule has 0 unspecified atom stereocenters. The molecule has 1 rings (SSSR count). The number of hydrogen-bond acceptors (Lipinski definition) is 3. The van der Waals surface area contributed by atoms with Gasteiger partial charge in [0.15, 0.2) is 0 Å². The number of aliphatic carboxylic acids is 1. The van der Waals surface area contributed by atoms with E-state index in [1.807, 2.05) is 0 Å². The van der Waals surface area contributed by atoms with Crippen LogP contribution < -0.4 is 0 Å². The lowest BCUT2D eigenvalue weighted by Crippen LogP contribution is -2.61. The molecule has 0 atom stereocenters. The van der Waals surface area contributed by atoms with E-state index in [2.05, 4.69) is 0 Å². The Hall–Kier alpha value is -1.10. The molecule has 1 fully saturated rings. The van der Waals surface area contributed by atoms with E-state index in [0.29, 0.717) is 13.1 Å². The minimum absolute atomic E-state index is 0.0193. The van der Waals surface area contributed by atoms with E-state index in [4.69, 9.17) is 5.11 Å². The zero-order valence-electron chi connectivity index (χ0n) is 7.49. The monoisotopic (exact) mass is 187 g/mol. The van der Waals surface area contributed by atoms with Crippen LogP contribution in [0.3, 0.4) is 0 Å². The van der Waals surface area contributed by atoms with Crippen LogP contribution in [-0.2, 0) is 9.59 Å². The zero-order chi connectivity index (χ0) is 10.1. The van der Waals surface area contributed by atoms with E-state index in [-0.39, 0.29) is 18.7 Å². The smallest absolute Gasteiger partial charge is 0.303 e. The second kappa shape index (κ2) is 3.33. The van der Waals surface area contributed by atoms with Gasteiger partial charge in [-0.2, -0.15) is 0 Å². The van der Waals surface area contributed by atoms with Crippen LogP contribution in [0.2, 0.25) is 0 Å². The summed E-state index contributed by atoms with van der Waals surface area (Å²) in [4.78, 5) is 22.8. The third-order valence-corrected chi connectivity index (χ3v) is 1.97. The molecule has 74 valence electrons. The largest absolute Gasteiger partial charge is 0.481 e. The summed E-state index contributed by atoms with van der Waals surface area (Å²) in [6.45, 7) is 2.27. The van der Waals surface area contributed by atoms with E-state index in [1.165, 1.54) is 4.90 Å². The number of carbonyl (C=O) groups excluding carboxylic acids is 1. The minimum Gasteiger partial charge on any atom is -0.481 e. The number of rotatable bonds is 3. The van der Waals surface area contributed by atoms with Crippen LogP contribution >= 0.6 is 0 Å². The highest BCUT2D eigenvalue weighted by Crippen LogP contribution is 2.20. The molecule has 13 heavy (non-hydrogen) atoms. The van der Waals surface area contributed by atoms with Crippen molar-refractivity contribution >= 4 is 11.9 Å². The van der Waals surface area contributed by atoms with Gasteiger partial charge in [0.1, 0.15) is 0 Å². The fourth-order valence-corrected chi connectivity index (χ4v) is 1.32. The van der Waals surface area contributed by atoms with Gasteiger partial charge in [0, 0.05) is 6.42 Å². The van der Waals surface area contributed by atoms with Gasteiger partial charge in [-0.25, -0.2) is 0 Å². The molecule has 0 aliphatic carbocycles. The minimum atomic E-state index is -0.972. The molecule has 5 heteroatoms. The van der Waals surface area contributed by atoms with Gasteiger partial charge in [-0.3, -0.25) is 9.59 Å². The SMILES string of the molecule is CC1(O)CN(C(=O)CCC(=O)O)C1. The van der Waals surface area contributed by atoms with Crippen molar-refractivity contribution in [2.45, 2.75) is 25.4 Å². The highest BCUT2D eigenvalue weighted by molar-refractivity contribution is 5.81. The molecular weight excluding hydrogens is 174 g/mol. The molecule has 2 N–H and O–H groups in total. The summed E-state index contributed by atoms with van der Waals surface area (Å²) in [5, 5.41) is 17.6. The Morgan fingerprint density at radius 1 is 1.38 bits per heavy atom. The summed E-state index contributed by atoms with van der Waals surface area (Å²) >= 11 is 0. The number of likely N-dealkylation sites (tertiary alicyclic amines) is 1. The first-order valence-electron chi connectivity index (χ1n) is 4.13. The molecule has 1 saturated heterocycles. The molecule has 0 aromatic heterocycles. The van der Waals surface area contributed by atoms with Crippen LogP contribution in [-0.4, -0.2) is 45.7 Å². The predicted molar refractivity (Wildman–Crippen MR) is 44.1 cm³/mol. The Bertz CT molecular complexity index is 228. The van der Waals surface area contributed by atoms with Gasteiger partial charge in [-0.05, 0) is 6.92 Å². The molecule has 0 saturated carbocycles. The quantitative estimate of drug-likeness (QED) is 0.621. The second-order valence-corrected chi connectivity index (χ2v) is 3.64. The summed E-state index contributed by atoms with van der Waals surface area (Å²) in [6.07, 6.45) is -0.122. The Labute approximate surface area is 76.0 Å². The fourth-order valence-electron chi connectivity index (χ4n) is 1.32. The van der Waals surface area contributed by atoms with Crippen LogP contribution in [0.4, 0.5) is 0 Å². The maximum atomic E-state index is 11.2. The van der Waals surface area contributed by atoms with Crippen LogP contribution in [0.25, 0.3) is 0 Å². The number of hydrogen-bond donors (Lipinski definition) is 2. The van der Waals surface area contributed by atoms with Gasteiger partial charge in [0.2, 0.25) is 5.91 Å². The third kappa shape index (κ3) is 2.69. The normalized spacial score (nSPS) is 19.4. The zero-order valence-corrected chi connectivity index (χ0v) is 7.49. The van der Waals surface area contributed by atoms with Crippen molar-refractivity contribution in [2.75, 3.05) is 13.1 Å². The van der Waals surface area contributed by atoms with Crippen LogP contribution in [0.1, 0.15) is 19.8 Å². The predicted octanol–water partition coefficient (Wildman–Crippen LogP) is -0.556. The van der Waals surface area contributed by atoms with E-state index in [0.717, 1.165) is 0 Å². The van der Waals surface area contributed by atoms with E-state index in [1.54, 1.807) is 6.92 Å². The molecule has 1 aliphatic rings. The second-order valence-electron chi connectivity index (χ2n) is 3.64. The van der Waals surface area contributed by atoms with Gasteiger partial charge in [0.25, 0.3) is 0 Å². The summed E-state index contributed by atoms with van der Waals surface area (Å²) in [5.74, 6) is -1.17. The molecule has 0 radical (unpaired) electrons. The summed E-state index contributed by atoms with van der Waals surface area (Å²) in [6, 6.07) is 0. The highest BCUT2D eigenvalue weighted by atomic mass is 16.4. The highest BCUT2D eigenvalue weighted by Gasteiger charge is 2.38. The molecule has 0 bridgehead atoms. The van der Waals surface area contributed by atoms with Gasteiger partial charge >= 0.3 is 5.97 Å². The lowest BCUT2D eigenvalue weighted by molar-refractivity contribution is -0.154. The molecule has 1 aliphatic heterocycles. The maximum absolute atomic E-state index is 11.2. The van der Waals surface area contributed by atoms with Crippen molar-refractivity contribution in [3.8, 4) is 0 Å². The number of carbonyl (C=O) groups is 2. The number of β-amino-alcohol motifs (C(OH)–C–C–N with tert-alkyl or cyclic N) is 1. The van der Waals surface area contributed by atoms with Crippen molar-refractivity contribution in [2.24, 2.45) is 0 Å². The van der Waals surface area contributed by atoms with E-state index in [9.17, 15) is 14.7 Å². The number of aliphatic hydroxyl groups is 1. The Balaban J connectivity index is 2.23. The van der Waals surface area contributed by atoms with E-state index >= 15 is 0 Å². The first-order valence-corrected chi connectivity index (χ1v) is 4.13. The van der Waals surface area contributed by atoms with Crippen molar-refractivity contribution in [1.82, 2.24) is 4.90 Å². The molecule has 0 aromatic carbocycles. The van der Waals surface area contributed by atoms with Crippen LogP contribution in [0.15, 0.2) is 0 Å². The Morgan fingerprint density at radius 3 is 2.31 bits per heavy atom. The van der Waals surface area contributed by atoms with Gasteiger partial charge < -0.3 is 15.1 Å². The average molecular weight is 187 g/mol. The molecule has 0 aromatic rings. The van der Waals surface area contributed by atoms with Crippen molar-refractivity contribution < 1.29 is 19.8 Å². The first kappa shape index (κ1) is 9.98. The lowest BCUT2D eigenvalue weighted by atomic mass is 9.96. The van der Waals surface area contributed by atoms with Crippen molar-refractivity contribution in [3.05, 3.63) is 0 Å². The number of nitrogens with zero attached hydrogens (tertiary/aromatic N) is 1. The van der Waals surface area contributed by atoms with E-state index < -0.39 is 11.6 Å². The van der Waals surface area contributed by atoms with Crippen molar-refractivity contribution in [3.63, 3.8) is 0 Å². The summed E-state index contributed by atoms with van der Waals surface area (Å²) in [7, 11) is 0. The average Bonchev–Trinajstić information content (AvgIpc) is 1.95. The van der Waals surface area contributed by atoms with Crippen LogP contribution in [0, 0.1) is 0 Å². The van der Waals surface area contributed by atoms with Gasteiger partial charge in [-0.1, -0.05) is 0 Å². The third-order valence-electron chi connectivity index (χ3n) is 1.97. The Kier molecular flexibility index (Phi) is 2.56. The Morgan fingerprint density at radius 2 is 1.92 bits per heavy atom. The maximum Gasteiger partial charge on any atom is 0.303 e. The molecule has 1 amide bonds. The number of carboxylic acids is 1. The standard InChI is InChI=1S/C8H13NO4/c1-8(13)4-9(5-8)6(10)2-3-7(11)12/h13H,2-5H2,1H3,(H,11,12).